The number of anilines is 1. The Morgan fingerprint density at radius 1 is 1.42 bits per heavy atom. The fourth-order valence-corrected chi connectivity index (χ4v) is 1.94. The molecule has 100 valence electrons. The standard InChI is InChI=1S/C14H15BrN2O2/c1-9-6-11(8-17-14(9)15)16-7-10-4-3-5-12(19-2)13(10)18/h3-6,8,16,18H,7H2,1-2H3. The zero-order chi connectivity index (χ0) is 13.8. The zero-order valence-corrected chi connectivity index (χ0v) is 12.4. The number of phenols is 1. The summed E-state index contributed by atoms with van der Waals surface area (Å²) in [5.74, 6) is 0.642. The van der Waals surface area contributed by atoms with Gasteiger partial charge in [0.05, 0.1) is 19.0 Å². The van der Waals surface area contributed by atoms with E-state index in [2.05, 4.69) is 26.2 Å². The number of rotatable bonds is 4. The summed E-state index contributed by atoms with van der Waals surface area (Å²) < 4.78 is 5.91. The number of ether oxygens (including phenoxy) is 1. The van der Waals surface area contributed by atoms with E-state index in [1.54, 1.807) is 12.3 Å². The molecule has 1 aromatic carbocycles. The highest BCUT2D eigenvalue weighted by atomic mass is 79.9. The number of benzene rings is 1. The van der Waals surface area contributed by atoms with E-state index in [1.165, 1.54) is 7.11 Å². The van der Waals surface area contributed by atoms with Crippen LogP contribution in [-0.4, -0.2) is 17.2 Å². The smallest absolute Gasteiger partial charge is 0.162 e. The minimum Gasteiger partial charge on any atom is -0.504 e. The van der Waals surface area contributed by atoms with E-state index < -0.39 is 0 Å². The molecular formula is C14H15BrN2O2. The third-order valence-corrected chi connectivity index (χ3v) is 3.63. The van der Waals surface area contributed by atoms with Crippen LogP contribution in [0.2, 0.25) is 0 Å². The van der Waals surface area contributed by atoms with E-state index >= 15 is 0 Å². The molecule has 0 amide bonds. The maximum atomic E-state index is 9.98. The maximum Gasteiger partial charge on any atom is 0.162 e. The number of hydrogen-bond donors (Lipinski definition) is 2. The molecule has 2 rings (SSSR count). The molecule has 2 N–H and O–H groups in total. The van der Waals surface area contributed by atoms with Crippen molar-refractivity contribution >= 4 is 21.6 Å². The number of aromatic hydroxyl groups is 1. The second kappa shape index (κ2) is 5.93. The van der Waals surface area contributed by atoms with Gasteiger partial charge in [0.15, 0.2) is 11.5 Å². The number of nitrogens with one attached hydrogen (secondary N) is 1. The molecule has 0 radical (unpaired) electrons. The monoisotopic (exact) mass is 322 g/mol. The van der Waals surface area contributed by atoms with Crippen LogP contribution in [0.5, 0.6) is 11.5 Å². The van der Waals surface area contributed by atoms with Gasteiger partial charge in [0.2, 0.25) is 0 Å². The first-order chi connectivity index (χ1) is 9.11. The van der Waals surface area contributed by atoms with Gasteiger partial charge in [-0.1, -0.05) is 12.1 Å². The average Bonchev–Trinajstić information content (AvgIpc) is 2.41. The van der Waals surface area contributed by atoms with Gasteiger partial charge in [-0.05, 0) is 40.5 Å². The van der Waals surface area contributed by atoms with Crippen molar-refractivity contribution in [3.8, 4) is 11.5 Å². The Labute approximate surface area is 120 Å². The number of para-hydroxylation sites is 1. The highest BCUT2D eigenvalue weighted by Gasteiger charge is 2.07. The molecule has 1 heterocycles. The van der Waals surface area contributed by atoms with Crippen molar-refractivity contribution in [2.45, 2.75) is 13.5 Å². The molecular weight excluding hydrogens is 308 g/mol. The first-order valence-electron chi connectivity index (χ1n) is 5.82. The Morgan fingerprint density at radius 3 is 2.89 bits per heavy atom. The fraction of sp³-hybridized carbons (Fsp3) is 0.214. The first kappa shape index (κ1) is 13.7. The van der Waals surface area contributed by atoms with Crippen molar-refractivity contribution in [3.05, 3.63) is 46.2 Å². The minimum atomic E-state index is 0.166. The number of phenolic OH excluding ortho intramolecular Hbond substituents is 1. The Balaban J connectivity index is 2.12. The average molecular weight is 323 g/mol. The van der Waals surface area contributed by atoms with E-state index in [-0.39, 0.29) is 5.75 Å². The van der Waals surface area contributed by atoms with Crippen LogP contribution in [0.15, 0.2) is 35.1 Å². The SMILES string of the molecule is COc1cccc(CNc2cnc(Br)c(C)c2)c1O. The van der Waals surface area contributed by atoms with Gasteiger partial charge in [-0.25, -0.2) is 4.98 Å². The molecule has 0 aliphatic carbocycles. The Hall–Kier alpha value is -1.75. The lowest BCUT2D eigenvalue weighted by atomic mass is 10.2. The molecule has 0 aliphatic rings. The van der Waals surface area contributed by atoms with E-state index in [0.717, 1.165) is 21.4 Å². The lowest BCUT2D eigenvalue weighted by Gasteiger charge is -2.11. The van der Waals surface area contributed by atoms with Crippen LogP contribution in [0.1, 0.15) is 11.1 Å². The number of pyridine rings is 1. The highest BCUT2D eigenvalue weighted by Crippen LogP contribution is 2.29. The van der Waals surface area contributed by atoms with Gasteiger partial charge < -0.3 is 15.2 Å². The number of nitrogens with zero attached hydrogens (tertiary/aromatic N) is 1. The molecule has 0 fully saturated rings. The number of halogens is 1. The summed E-state index contributed by atoms with van der Waals surface area (Å²) >= 11 is 3.36. The quantitative estimate of drug-likeness (QED) is 0.846. The predicted octanol–water partition coefficient (Wildman–Crippen LogP) is 3.48. The lowest BCUT2D eigenvalue weighted by Crippen LogP contribution is -2.01. The van der Waals surface area contributed by atoms with Gasteiger partial charge in [-0.15, -0.1) is 0 Å². The van der Waals surface area contributed by atoms with Crippen molar-refractivity contribution in [3.63, 3.8) is 0 Å². The summed E-state index contributed by atoms with van der Waals surface area (Å²) in [5.41, 5.74) is 2.74. The van der Waals surface area contributed by atoms with Crippen molar-refractivity contribution < 1.29 is 9.84 Å². The Kier molecular flexibility index (Phi) is 4.27. The Morgan fingerprint density at radius 2 is 2.21 bits per heavy atom. The molecule has 0 atom stereocenters. The van der Waals surface area contributed by atoms with Gasteiger partial charge in [-0.2, -0.15) is 0 Å². The van der Waals surface area contributed by atoms with Gasteiger partial charge in [0.25, 0.3) is 0 Å². The minimum absolute atomic E-state index is 0.166. The third-order valence-electron chi connectivity index (χ3n) is 2.80. The lowest BCUT2D eigenvalue weighted by molar-refractivity contribution is 0.371. The number of aryl methyl sites for hydroxylation is 1. The van der Waals surface area contributed by atoms with Gasteiger partial charge in [0.1, 0.15) is 4.60 Å². The van der Waals surface area contributed by atoms with Crippen molar-refractivity contribution in [2.24, 2.45) is 0 Å². The number of hydrogen-bond acceptors (Lipinski definition) is 4. The molecule has 0 aliphatic heterocycles. The molecule has 2 aromatic rings. The van der Waals surface area contributed by atoms with E-state index in [1.807, 2.05) is 25.1 Å². The third kappa shape index (κ3) is 3.17. The largest absolute Gasteiger partial charge is 0.504 e. The van der Waals surface area contributed by atoms with Gasteiger partial charge in [0, 0.05) is 12.1 Å². The summed E-state index contributed by atoms with van der Waals surface area (Å²) in [5, 5.41) is 13.2. The molecule has 19 heavy (non-hydrogen) atoms. The van der Waals surface area contributed by atoms with Crippen LogP contribution in [-0.2, 0) is 6.54 Å². The summed E-state index contributed by atoms with van der Waals surface area (Å²) in [6, 6.07) is 7.42. The molecule has 0 saturated heterocycles. The maximum absolute atomic E-state index is 9.98. The molecule has 1 aromatic heterocycles. The second-order valence-corrected chi connectivity index (χ2v) is 4.90. The van der Waals surface area contributed by atoms with E-state index in [0.29, 0.717) is 12.3 Å². The van der Waals surface area contributed by atoms with Gasteiger partial charge in [-0.3, -0.25) is 0 Å². The molecule has 4 nitrogen and oxygen atoms in total. The highest BCUT2D eigenvalue weighted by molar-refractivity contribution is 9.10. The Bertz CT molecular complexity index is 588. The van der Waals surface area contributed by atoms with E-state index in [4.69, 9.17) is 4.74 Å². The fourth-order valence-electron chi connectivity index (χ4n) is 1.73. The number of aromatic nitrogens is 1. The normalized spacial score (nSPS) is 10.3. The summed E-state index contributed by atoms with van der Waals surface area (Å²) in [7, 11) is 1.54. The summed E-state index contributed by atoms with van der Waals surface area (Å²) in [6.45, 7) is 2.48. The van der Waals surface area contributed by atoms with Crippen LogP contribution >= 0.6 is 15.9 Å². The summed E-state index contributed by atoms with van der Waals surface area (Å²) in [6.07, 6.45) is 1.74. The molecule has 0 unspecified atom stereocenters. The molecule has 0 bridgehead atoms. The predicted molar refractivity (Wildman–Crippen MR) is 78.7 cm³/mol. The molecule has 5 heteroatoms. The van der Waals surface area contributed by atoms with Crippen LogP contribution < -0.4 is 10.1 Å². The zero-order valence-electron chi connectivity index (χ0n) is 10.8. The second-order valence-electron chi connectivity index (χ2n) is 4.15. The van der Waals surface area contributed by atoms with Crippen molar-refractivity contribution in [1.29, 1.82) is 0 Å². The number of methoxy groups -OCH3 is 1. The van der Waals surface area contributed by atoms with Crippen LogP contribution in [0.3, 0.4) is 0 Å². The van der Waals surface area contributed by atoms with Crippen LogP contribution in [0.25, 0.3) is 0 Å². The molecule has 0 saturated carbocycles. The van der Waals surface area contributed by atoms with Gasteiger partial charge >= 0.3 is 0 Å². The summed E-state index contributed by atoms with van der Waals surface area (Å²) in [4.78, 5) is 4.21. The topological polar surface area (TPSA) is 54.4 Å². The van der Waals surface area contributed by atoms with Crippen LogP contribution in [0, 0.1) is 6.92 Å². The van der Waals surface area contributed by atoms with Crippen molar-refractivity contribution in [2.75, 3.05) is 12.4 Å². The molecule has 0 spiro atoms. The van der Waals surface area contributed by atoms with Crippen LogP contribution in [0.4, 0.5) is 5.69 Å². The first-order valence-corrected chi connectivity index (χ1v) is 6.62. The van der Waals surface area contributed by atoms with E-state index in [9.17, 15) is 5.11 Å². The van der Waals surface area contributed by atoms with Crippen molar-refractivity contribution in [1.82, 2.24) is 4.98 Å².